The SMILES string of the molecule is CCC(C)(C)C(=O)OC1CC(OC(C)OC(C)C)CC(OC(C)OC(C)C)C1.CCC(C)(C)C(=O)OC1CC(OC(C)OC)CC(OC(C)OC)C1.CCC(C)(C)C(=O)OC1CCC(OC(OC(C)C)C(C)C)CC1.CCOC(CC)OC1CC(OC(=O)C(C)(C)CC)CC(OC(CC)OCC)C1. The predicted molar refractivity (Wildman–Crippen MR) is 401 cm³/mol. The van der Waals surface area contributed by atoms with Crippen molar-refractivity contribution in [3.05, 3.63) is 0 Å². The van der Waals surface area contributed by atoms with Gasteiger partial charge >= 0.3 is 23.9 Å². The second-order valence-corrected chi connectivity index (χ2v) is 32.1. The van der Waals surface area contributed by atoms with E-state index in [1.165, 1.54) is 0 Å². The lowest BCUT2D eigenvalue weighted by Gasteiger charge is -2.38. The number of hydrogen-bond acceptors (Lipinski definition) is 22. The van der Waals surface area contributed by atoms with Crippen LogP contribution in [0, 0.1) is 27.6 Å². The molecule has 0 aromatic heterocycles. The van der Waals surface area contributed by atoms with Gasteiger partial charge in [0.05, 0.1) is 82.7 Å². The summed E-state index contributed by atoms with van der Waals surface area (Å²) in [6, 6.07) is 0. The molecule has 0 bridgehead atoms. The largest absolute Gasteiger partial charge is 0.462 e. The van der Waals surface area contributed by atoms with Gasteiger partial charge in [-0.3, -0.25) is 19.2 Å². The van der Waals surface area contributed by atoms with Crippen molar-refractivity contribution >= 4 is 23.9 Å². The minimum Gasteiger partial charge on any atom is -0.462 e. The van der Waals surface area contributed by atoms with Crippen molar-refractivity contribution in [2.45, 2.75) is 445 Å². The third-order valence-corrected chi connectivity index (χ3v) is 19.7. The lowest BCUT2D eigenvalue weighted by atomic mass is 9.89. The normalized spacial score (nSPS) is 25.7. The Labute approximate surface area is 626 Å². The molecule has 22 heteroatoms. The fourth-order valence-corrected chi connectivity index (χ4v) is 11.7. The maximum Gasteiger partial charge on any atom is 0.311 e. The lowest BCUT2D eigenvalue weighted by Crippen LogP contribution is -2.43. The summed E-state index contributed by atoms with van der Waals surface area (Å²) in [7, 11) is 3.21. The highest BCUT2D eigenvalue weighted by Gasteiger charge is 2.42. The van der Waals surface area contributed by atoms with Gasteiger partial charge in [-0.25, -0.2) is 0 Å². The van der Waals surface area contributed by atoms with Gasteiger partial charge in [0.15, 0.2) is 44.0 Å². The number of methoxy groups -OCH3 is 2. The molecule has 0 saturated heterocycles. The topological polar surface area (TPSA) is 234 Å². The number of carbonyl (C=O) groups is 4. The van der Waals surface area contributed by atoms with Crippen LogP contribution in [0.3, 0.4) is 0 Å². The molecule has 22 nitrogen and oxygen atoms in total. The van der Waals surface area contributed by atoms with Crippen LogP contribution in [0.25, 0.3) is 0 Å². The van der Waals surface area contributed by atoms with Gasteiger partial charge < -0.3 is 85.3 Å². The highest BCUT2D eigenvalue weighted by Crippen LogP contribution is 2.36. The van der Waals surface area contributed by atoms with Crippen molar-refractivity contribution in [1.29, 1.82) is 0 Å². The van der Waals surface area contributed by atoms with Crippen molar-refractivity contribution in [3.63, 3.8) is 0 Å². The van der Waals surface area contributed by atoms with Crippen LogP contribution in [0.4, 0.5) is 0 Å². The summed E-state index contributed by atoms with van der Waals surface area (Å²) in [5.41, 5.74) is -1.85. The summed E-state index contributed by atoms with van der Waals surface area (Å²) >= 11 is 0. The van der Waals surface area contributed by atoms with E-state index in [9.17, 15) is 19.2 Å². The minimum atomic E-state index is -0.494. The van der Waals surface area contributed by atoms with Crippen molar-refractivity contribution in [2.24, 2.45) is 27.6 Å². The number of esters is 4. The highest BCUT2D eigenvalue weighted by atomic mass is 16.7. The molecule has 103 heavy (non-hydrogen) atoms. The first-order valence-electron chi connectivity index (χ1n) is 39.8. The number of rotatable bonds is 41. The zero-order chi connectivity index (χ0) is 78.6. The van der Waals surface area contributed by atoms with Crippen molar-refractivity contribution in [3.8, 4) is 0 Å². The first-order valence-corrected chi connectivity index (χ1v) is 39.8. The predicted octanol–water partition coefficient (Wildman–Crippen LogP) is 17.6. The summed E-state index contributed by atoms with van der Waals surface area (Å²) in [6.07, 6.45) is 11.8. The summed E-state index contributed by atoms with van der Waals surface area (Å²) in [4.78, 5) is 49.7. The molecule has 0 radical (unpaired) electrons. The molecule has 0 heterocycles. The fourth-order valence-electron chi connectivity index (χ4n) is 11.7. The number of carbonyl (C=O) groups excluding carboxylic acids is 4. The van der Waals surface area contributed by atoms with Gasteiger partial charge in [0.2, 0.25) is 0 Å². The zero-order valence-corrected chi connectivity index (χ0v) is 70.5. The monoisotopic (exact) mass is 1480 g/mol. The molecule has 610 valence electrons. The van der Waals surface area contributed by atoms with Gasteiger partial charge in [0, 0.05) is 91.1 Å². The average molecular weight is 1480 g/mol. The van der Waals surface area contributed by atoms with E-state index in [-0.39, 0.29) is 159 Å². The van der Waals surface area contributed by atoms with Gasteiger partial charge in [0.25, 0.3) is 0 Å². The van der Waals surface area contributed by atoms with Gasteiger partial charge in [-0.1, -0.05) is 55.4 Å². The first kappa shape index (κ1) is 98.3. The molecule has 4 aliphatic rings. The maximum atomic E-state index is 12.6. The van der Waals surface area contributed by atoms with E-state index in [4.69, 9.17) is 85.3 Å². The Morgan fingerprint density at radius 1 is 0.311 bits per heavy atom. The zero-order valence-electron chi connectivity index (χ0n) is 70.5. The van der Waals surface area contributed by atoms with Crippen LogP contribution in [0.5, 0.6) is 0 Å². The second kappa shape index (κ2) is 50.2. The molecular weight excluding hydrogens is 1320 g/mol. The molecule has 13 atom stereocenters. The van der Waals surface area contributed by atoms with E-state index in [2.05, 4.69) is 13.8 Å². The van der Waals surface area contributed by atoms with E-state index in [1.54, 1.807) is 14.2 Å². The Bertz CT molecular complexity index is 2180. The molecule has 0 aliphatic heterocycles. The molecule has 4 saturated carbocycles. The molecule has 0 N–H and O–H groups in total. The Kier molecular flexibility index (Phi) is 47.9. The standard InChI is InChI=1S/2C22H42O6.C19H36O4.C18H34O6/c1-10-22(8,9)21(23)28-20-12-18(26-16(6)24-14(2)3)11-19(13-20)27-17(7)25-15(4)5;1-8-19(24-11-4)26-16-13-17(27-20(9-2)25-12-5)15-18(14-16)28-21(23)22(6,7)10-3;1-8-19(6,7)18(20)23-16-11-9-15(10-12-16)22-17(13(2)3)21-14(4)5;1-8-18(4,5)17(19)24-16-10-14(22-12(2)20-6)9-15(11-16)23-13(3)21-7/h14-20H,10-13H2,1-9H3;16-20H,8-15H2,1-7H3;13-17H,8-12H2,1-7H3;12-16H,8-11H2,1-7H3. The van der Waals surface area contributed by atoms with Crippen LogP contribution in [-0.4, -0.2) is 181 Å². The van der Waals surface area contributed by atoms with Crippen LogP contribution < -0.4 is 0 Å². The molecule has 0 aromatic carbocycles. The van der Waals surface area contributed by atoms with Gasteiger partial charge in [-0.2, -0.15) is 0 Å². The average Bonchev–Trinajstić information content (AvgIpc) is 0.807. The van der Waals surface area contributed by atoms with Crippen LogP contribution >= 0.6 is 0 Å². The van der Waals surface area contributed by atoms with E-state index >= 15 is 0 Å². The van der Waals surface area contributed by atoms with Crippen LogP contribution in [0.1, 0.15) is 316 Å². The third-order valence-electron chi connectivity index (χ3n) is 19.7. The molecule has 4 aliphatic carbocycles. The Balaban J connectivity index is 0.000000689. The lowest BCUT2D eigenvalue weighted by molar-refractivity contribution is -0.227. The first-order chi connectivity index (χ1) is 48.1. The van der Waals surface area contributed by atoms with Crippen molar-refractivity contribution < 1.29 is 104 Å². The Morgan fingerprint density at radius 2 is 0.553 bits per heavy atom. The van der Waals surface area contributed by atoms with E-state index in [0.29, 0.717) is 57.7 Å². The Morgan fingerprint density at radius 3 is 0.786 bits per heavy atom. The van der Waals surface area contributed by atoms with Gasteiger partial charge in [0.1, 0.15) is 24.4 Å². The molecule has 13 unspecified atom stereocenters. The smallest absolute Gasteiger partial charge is 0.311 e. The number of hydrogen-bond donors (Lipinski definition) is 0. The van der Waals surface area contributed by atoms with E-state index in [1.807, 2.05) is 180 Å². The summed E-state index contributed by atoms with van der Waals surface area (Å²) in [6.45, 7) is 56.3. The molecule has 4 rings (SSSR count). The second-order valence-electron chi connectivity index (χ2n) is 32.1. The molecule has 0 amide bonds. The van der Waals surface area contributed by atoms with Gasteiger partial charge in [-0.15, -0.1) is 0 Å². The van der Waals surface area contributed by atoms with Crippen LogP contribution in [0.15, 0.2) is 0 Å². The summed E-state index contributed by atoms with van der Waals surface area (Å²) in [5, 5.41) is 0. The molecule has 0 spiro atoms. The van der Waals surface area contributed by atoms with Crippen molar-refractivity contribution in [2.75, 3.05) is 27.4 Å². The third kappa shape index (κ3) is 40.0. The molecule has 0 aromatic rings. The summed E-state index contributed by atoms with van der Waals surface area (Å²) < 4.78 is 105. The quantitative estimate of drug-likeness (QED) is 0.0314. The van der Waals surface area contributed by atoms with Crippen LogP contribution in [-0.2, 0) is 104 Å². The van der Waals surface area contributed by atoms with Gasteiger partial charge in [-0.05, 0) is 203 Å². The maximum absolute atomic E-state index is 12.6. The minimum absolute atomic E-state index is 0.0386. The fraction of sp³-hybridized carbons (Fsp3) is 0.951. The highest BCUT2D eigenvalue weighted by molar-refractivity contribution is 5.77. The molecular formula is C81H154O22. The Hall–Kier alpha value is -2.68. The molecule has 4 fully saturated rings. The van der Waals surface area contributed by atoms with E-state index < -0.39 is 16.2 Å². The summed E-state index contributed by atoms with van der Waals surface area (Å²) in [5.74, 6) is -0.245. The number of ether oxygens (including phenoxy) is 18. The van der Waals surface area contributed by atoms with Crippen molar-refractivity contribution in [1.82, 2.24) is 0 Å². The van der Waals surface area contributed by atoms with E-state index in [0.717, 1.165) is 83.5 Å². The van der Waals surface area contributed by atoms with Crippen LogP contribution in [0.2, 0.25) is 0 Å².